The Hall–Kier alpha value is -2.24. The Bertz CT molecular complexity index is 712. The fourth-order valence-electron chi connectivity index (χ4n) is 3.21. The monoisotopic (exact) mass is 339 g/mol. The first-order chi connectivity index (χ1) is 12.2. The summed E-state index contributed by atoms with van der Waals surface area (Å²) in [5.74, 6) is -0.0199. The van der Waals surface area contributed by atoms with E-state index in [2.05, 4.69) is 15.2 Å². The third kappa shape index (κ3) is 4.24. The molecule has 1 atom stereocenters. The summed E-state index contributed by atoms with van der Waals surface area (Å²) in [5, 5.41) is 3.12. The van der Waals surface area contributed by atoms with Gasteiger partial charge in [-0.2, -0.15) is 0 Å². The van der Waals surface area contributed by atoms with Gasteiger partial charge in [-0.1, -0.05) is 12.1 Å². The molecule has 1 aromatic carbocycles. The summed E-state index contributed by atoms with van der Waals surface area (Å²) >= 11 is 0. The van der Waals surface area contributed by atoms with Gasteiger partial charge >= 0.3 is 0 Å². The van der Waals surface area contributed by atoms with E-state index in [1.54, 1.807) is 12.4 Å². The predicted molar refractivity (Wildman–Crippen MR) is 97.6 cm³/mol. The Kier molecular flexibility index (Phi) is 5.79. The van der Waals surface area contributed by atoms with Gasteiger partial charge in [0.05, 0.1) is 19.3 Å². The van der Waals surface area contributed by atoms with Crippen molar-refractivity contribution in [2.45, 2.75) is 19.9 Å². The molecule has 2 heterocycles. The van der Waals surface area contributed by atoms with Crippen molar-refractivity contribution in [2.24, 2.45) is 0 Å². The average Bonchev–Trinajstić information content (AvgIpc) is 2.66. The van der Waals surface area contributed by atoms with Crippen LogP contribution in [0.25, 0.3) is 0 Å². The van der Waals surface area contributed by atoms with E-state index in [0.29, 0.717) is 6.54 Å². The molecule has 0 radical (unpaired) electrons. The zero-order valence-electron chi connectivity index (χ0n) is 14.9. The van der Waals surface area contributed by atoms with Gasteiger partial charge < -0.3 is 10.1 Å². The van der Waals surface area contributed by atoms with Crippen LogP contribution in [-0.2, 0) is 4.74 Å². The van der Waals surface area contributed by atoms with Crippen LogP contribution >= 0.6 is 0 Å². The molecule has 5 heteroatoms. The van der Waals surface area contributed by atoms with Gasteiger partial charge in [0.25, 0.3) is 5.91 Å². The highest BCUT2D eigenvalue weighted by Crippen LogP contribution is 2.21. The molecule has 0 unspecified atom stereocenters. The van der Waals surface area contributed by atoms with Crippen LogP contribution < -0.4 is 5.32 Å². The molecular formula is C20H25N3O2. The topological polar surface area (TPSA) is 54.5 Å². The summed E-state index contributed by atoms with van der Waals surface area (Å²) < 4.78 is 5.47. The first-order valence-electron chi connectivity index (χ1n) is 8.73. The Morgan fingerprint density at radius 2 is 1.92 bits per heavy atom. The molecule has 132 valence electrons. The first kappa shape index (κ1) is 17.6. The molecule has 0 bridgehead atoms. The lowest BCUT2D eigenvalue weighted by atomic mass is 10.0. The number of rotatable bonds is 5. The van der Waals surface area contributed by atoms with Gasteiger partial charge in [-0.05, 0) is 48.7 Å². The highest BCUT2D eigenvalue weighted by atomic mass is 16.5. The second-order valence-electron chi connectivity index (χ2n) is 6.40. The van der Waals surface area contributed by atoms with E-state index in [9.17, 15) is 4.79 Å². The standard InChI is InChI=1S/C20H25N3O2/c1-15-4-3-5-18(16(15)2)20(24)22-14-19(17-6-8-21-9-7-17)23-10-12-25-13-11-23/h3-9,19H,10-14H2,1-2H3,(H,22,24)/t19-/m0/s1. The number of carbonyl (C=O) groups is 1. The third-order valence-corrected chi connectivity index (χ3v) is 4.88. The van der Waals surface area contributed by atoms with Crippen molar-refractivity contribution in [3.05, 3.63) is 65.0 Å². The third-order valence-electron chi connectivity index (χ3n) is 4.88. The Labute approximate surface area is 149 Å². The Morgan fingerprint density at radius 3 is 2.64 bits per heavy atom. The van der Waals surface area contributed by atoms with Crippen molar-refractivity contribution in [3.8, 4) is 0 Å². The average molecular weight is 339 g/mol. The van der Waals surface area contributed by atoms with Gasteiger partial charge in [0.2, 0.25) is 0 Å². The number of aryl methyl sites for hydroxylation is 1. The second kappa shape index (κ2) is 8.23. The molecule has 5 nitrogen and oxygen atoms in total. The van der Waals surface area contributed by atoms with Crippen LogP contribution in [0.3, 0.4) is 0 Å². The molecule has 1 N–H and O–H groups in total. The SMILES string of the molecule is Cc1cccc(C(=O)NC[C@@H](c2ccncc2)N2CCOCC2)c1C. The summed E-state index contributed by atoms with van der Waals surface area (Å²) in [6.07, 6.45) is 3.60. The lowest BCUT2D eigenvalue weighted by molar-refractivity contribution is 0.0162. The molecule has 0 spiro atoms. The van der Waals surface area contributed by atoms with Gasteiger partial charge in [-0.3, -0.25) is 14.7 Å². The zero-order chi connectivity index (χ0) is 17.6. The minimum atomic E-state index is -0.0199. The molecule has 2 aromatic rings. The first-order valence-corrected chi connectivity index (χ1v) is 8.73. The molecule has 0 aliphatic carbocycles. The number of hydrogen-bond acceptors (Lipinski definition) is 4. The van der Waals surface area contributed by atoms with E-state index < -0.39 is 0 Å². The number of nitrogens with zero attached hydrogens (tertiary/aromatic N) is 2. The van der Waals surface area contributed by atoms with Gasteiger partial charge in [0.15, 0.2) is 0 Å². The molecular weight excluding hydrogens is 314 g/mol. The molecule has 1 amide bonds. The number of ether oxygens (including phenoxy) is 1. The normalized spacial score (nSPS) is 16.4. The number of benzene rings is 1. The Balaban J connectivity index is 1.74. The minimum absolute atomic E-state index is 0.0199. The largest absolute Gasteiger partial charge is 0.379 e. The van der Waals surface area contributed by atoms with Crippen molar-refractivity contribution >= 4 is 5.91 Å². The zero-order valence-corrected chi connectivity index (χ0v) is 14.9. The van der Waals surface area contributed by atoms with Crippen LogP contribution in [-0.4, -0.2) is 48.6 Å². The van der Waals surface area contributed by atoms with Crippen molar-refractivity contribution in [3.63, 3.8) is 0 Å². The molecule has 0 saturated carbocycles. The van der Waals surface area contributed by atoms with Crippen LogP contribution in [0.5, 0.6) is 0 Å². The van der Waals surface area contributed by atoms with Crippen molar-refractivity contribution in [1.29, 1.82) is 0 Å². The lowest BCUT2D eigenvalue weighted by Crippen LogP contribution is -2.43. The maximum absolute atomic E-state index is 12.7. The van der Waals surface area contributed by atoms with E-state index in [1.807, 2.05) is 44.2 Å². The van der Waals surface area contributed by atoms with E-state index in [-0.39, 0.29) is 11.9 Å². The highest BCUT2D eigenvalue weighted by Gasteiger charge is 2.23. The minimum Gasteiger partial charge on any atom is -0.379 e. The van der Waals surface area contributed by atoms with E-state index in [1.165, 1.54) is 0 Å². The van der Waals surface area contributed by atoms with E-state index >= 15 is 0 Å². The summed E-state index contributed by atoms with van der Waals surface area (Å²) in [4.78, 5) is 19.1. The molecule has 1 saturated heterocycles. The molecule has 3 rings (SSSR count). The number of aromatic nitrogens is 1. The van der Waals surface area contributed by atoms with Crippen molar-refractivity contribution in [1.82, 2.24) is 15.2 Å². The highest BCUT2D eigenvalue weighted by molar-refractivity contribution is 5.95. The summed E-state index contributed by atoms with van der Waals surface area (Å²) in [6.45, 7) is 7.78. The number of nitrogens with one attached hydrogen (secondary N) is 1. The van der Waals surface area contributed by atoms with E-state index in [0.717, 1.165) is 48.6 Å². The number of hydrogen-bond donors (Lipinski definition) is 1. The summed E-state index contributed by atoms with van der Waals surface area (Å²) in [7, 11) is 0. The fourth-order valence-corrected chi connectivity index (χ4v) is 3.21. The summed E-state index contributed by atoms with van der Waals surface area (Å²) in [6, 6.07) is 10.0. The number of carbonyl (C=O) groups excluding carboxylic acids is 1. The molecule has 1 aromatic heterocycles. The van der Waals surface area contributed by atoms with Crippen molar-refractivity contribution < 1.29 is 9.53 Å². The quantitative estimate of drug-likeness (QED) is 0.909. The molecule has 1 fully saturated rings. The van der Waals surface area contributed by atoms with Gasteiger partial charge in [-0.25, -0.2) is 0 Å². The Morgan fingerprint density at radius 1 is 1.20 bits per heavy atom. The molecule has 25 heavy (non-hydrogen) atoms. The van der Waals surface area contributed by atoms with Crippen LogP contribution in [0.4, 0.5) is 0 Å². The van der Waals surface area contributed by atoms with Gasteiger partial charge in [-0.15, -0.1) is 0 Å². The predicted octanol–water partition coefficient (Wildman–Crippen LogP) is 2.50. The van der Waals surface area contributed by atoms with Gasteiger partial charge in [0, 0.05) is 37.6 Å². The van der Waals surface area contributed by atoms with Crippen LogP contribution in [0, 0.1) is 13.8 Å². The molecule has 1 aliphatic rings. The van der Waals surface area contributed by atoms with Gasteiger partial charge in [0.1, 0.15) is 0 Å². The van der Waals surface area contributed by atoms with E-state index in [4.69, 9.17) is 4.74 Å². The maximum Gasteiger partial charge on any atom is 0.251 e. The van der Waals surface area contributed by atoms with Crippen LogP contribution in [0.2, 0.25) is 0 Å². The van der Waals surface area contributed by atoms with Crippen LogP contribution in [0.15, 0.2) is 42.7 Å². The number of amides is 1. The van der Waals surface area contributed by atoms with Crippen LogP contribution in [0.1, 0.15) is 33.1 Å². The second-order valence-corrected chi connectivity index (χ2v) is 6.40. The maximum atomic E-state index is 12.7. The van der Waals surface area contributed by atoms with Crippen molar-refractivity contribution in [2.75, 3.05) is 32.8 Å². The lowest BCUT2D eigenvalue weighted by Gasteiger charge is -2.34. The smallest absolute Gasteiger partial charge is 0.251 e. The molecule has 1 aliphatic heterocycles. The number of morpholine rings is 1. The summed E-state index contributed by atoms with van der Waals surface area (Å²) in [5.41, 5.74) is 4.08. The fraction of sp³-hybridized carbons (Fsp3) is 0.400. The number of pyridine rings is 1.